The second-order valence-electron chi connectivity index (χ2n) is 9.57. The number of anilines is 1. The molecule has 2 aromatic carbocycles. The minimum absolute atomic E-state index is 0.0241. The number of piperidine rings is 1. The zero-order valence-electron chi connectivity index (χ0n) is 19.9. The van der Waals surface area contributed by atoms with Gasteiger partial charge in [-0.25, -0.2) is 0 Å². The first-order valence-electron chi connectivity index (χ1n) is 12.2. The molecular weight excluding hydrogens is 426 g/mol. The number of carbonyl (C=O) groups is 2. The van der Waals surface area contributed by atoms with Crippen molar-refractivity contribution in [3.63, 3.8) is 0 Å². The summed E-state index contributed by atoms with van der Waals surface area (Å²) in [7, 11) is 0. The smallest absolute Gasteiger partial charge is 0.256 e. The van der Waals surface area contributed by atoms with Crippen molar-refractivity contribution in [2.75, 3.05) is 18.0 Å². The average Bonchev–Trinajstić information content (AvgIpc) is 3.39. The highest BCUT2D eigenvalue weighted by Gasteiger charge is 2.33. The minimum Gasteiger partial charge on any atom is -0.336 e. The van der Waals surface area contributed by atoms with Crippen molar-refractivity contribution >= 4 is 17.5 Å². The molecular formula is C27H31N5O2. The molecule has 1 fully saturated rings. The van der Waals surface area contributed by atoms with Crippen LogP contribution in [0.1, 0.15) is 54.1 Å². The van der Waals surface area contributed by atoms with Crippen LogP contribution in [0.3, 0.4) is 0 Å². The van der Waals surface area contributed by atoms with E-state index in [1.54, 1.807) is 12.4 Å². The number of fused-ring (bicyclic) bond motifs is 1. The van der Waals surface area contributed by atoms with Crippen molar-refractivity contribution in [1.82, 2.24) is 19.9 Å². The van der Waals surface area contributed by atoms with Crippen LogP contribution in [0, 0.1) is 12.8 Å². The minimum atomic E-state index is -0.0241. The maximum absolute atomic E-state index is 13.7. The van der Waals surface area contributed by atoms with E-state index < -0.39 is 0 Å². The second kappa shape index (κ2) is 9.41. The number of aromatic nitrogens is 3. The number of aryl methyl sites for hydroxylation is 2. The first kappa shape index (κ1) is 22.3. The van der Waals surface area contributed by atoms with Crippen LogP contribution in [0.2, 0.25) is 0 Å². The molecule has 176 valence electrons. The van der Waals surface area contributed by atoms with Gasteiger partial charge in [0.25, 0.3) is 5.91 Å². The van der Waals surface area contributed by atoms with Gasteiger partial charge in [-0.05, 0) is 69.2 Å². The first-order chi connectivity index (χ1) is 16.5. The van der Waals surface area contributed by atoms with Gasteiger partial charge >= 0.3 is 0 Å². The summed E-state index contributed by atoms with van der Waals surface area (Å²) in [6, 6.07) is 14.1. The Bertz CT molecular complexity index is 1190. The number of nitrogens with zero attached hydrogens (tertiary/aromatic N) is 5. The third kappa shape index (κ3) is 4.34. The summed E-state index contributed by atoms with van der Waals surface area (Å²) in [6.45, 7) is 5.43. The van der Waals surface area contributed by atoms with Crippen LogP contribution in [0.15, 0.2) is 54.9 Å². The summed E-state index contributed by atoms with van der Waals surface area (Å²) in [5, 5.41) is 8.47. The van der Waals surface area contributed by atoms with Crippen LogP contribution in [0.4, 0.5) is 5.69 Å². The van der Waals surface area contributed by atoms with Gasteiger partial charge in [-0.3, -0.25) is 9.59 Å². The molecule has 0 N–H and O–H groups in total. The molecule has 7 heteroatoms. The topological polar surface area (TPSA) is 71.3 Å². The molecule has 7 nitrogen and oxygen atoms in total. The molecule has 34 heavy (non-hydrogen) atoms. The lowest BCUT2D eigenvalue weighted by molar-refractivity contribution is -0.120. The Hall–Kier alpha value is -3.48. The Labute approximate surface area is 200 Å². The van der Waals surface area contributed by atoms with Crippen LogP contribution in [0.5, 0.6) is 0 Å². The SMILES string of the molecule is Cc1ccc(-n2nccn2)c(C(=O)N2C[C@H](CC(=O)N3CCCc4ccccc43)CC[C@H]2C)c1. The standard InChI is InChI=1S/C27H31N5O2/c1-19-9-12-25(32-28-13-14-29-32)23(16-19)27(34)31-18-21(11-10-20(31)2)17-26(33)30-15-5-7-22-6-3-4-8-24(22)30/h3-4,6,8-9,12-14,16,20-21H,5,7,10-11,15,17-18H2,1-2H3/t20-,21+/m1/s1. The van der Waals surface area contributed by atoms with Gasteiger partial charge in [0.05, 0.1) is 23.6 Å². The van der Waals surface area contributed by atoms with E-state index in [2.05, 4.69) is 23.2 Å². The van der Waals surface area contributed by atoms with Crippen LogP contribution in [0.25, 0.3) is 5.69 Å². The van der Waals surface area contributed by atoms with E-state index in [4.69, 9.17) is 0 Å². The lowest BCUT2D eigenvalue weighted by atomic mass is 9.89. The van der Waals surface area contributed by atoms with Crippen LogP contribution in [-0.4, -0.2) is 50.8 Å². The van der Waals surface area contributed by atoms with E-state index in [1.165, 1.54) is 10.4 Å². The fraction of sp³-hybridized carbons (Fsp3) is 0.407. The van der Waals surface area contributed by atoms with E-state index >= 15 is 0 Å². The lowest BCUT2D eigenvalue weighted by Gasteiger charge is -2.39. The number of benzene rings is 2. The predicted octanol–water partition coefficient (Wildman–Crippen LogP) is 4.19. The van der Waals surface area contributed by atoms with Crippen LogP contribution in [-0.2, 0) is 11.2 Å². The molecule has 0 spiro atoms. The monoisotopic (exact) mass is 457 g/mol. The van der Waals surface area contributed by atoms with E-state index in [0.717, 1.165) is 43.5 Å². The summed E-state index contributed by atoms with van der Waals surface area (Å²) in [5.74, 6) is 0.290. The normalized spacial score (nSPS) is 20.2. The molecule has 0 unspecified atom stereocenters. The zero-order chi connectivity index (χ0) is 23.7. The third-order valence-corrected chi connectivity index (χ3v) is 7.13. The van der Waals surface area contributed by atoms with E-state index in [0.29, 0.717) is 24.2 Å². The number of rotatable bonds is 4. The first-order valence-corrected chi connectivity index (χ1v) is 12.2. The fourth-order valence-corrected chi connectivity index (χ4v) is 5.27. The molecule has 5 rings (SSSR count). The molecule has 1 aromatic heterocycles. The van der Waals surface area contributed by atoms with Gasteiger partial charge in [0, 0.05) is 31.2 Å². The Morgan fingerprint density at radius 2 is 1.82 bits per heavy atom. The Morgan fingerprint density at radius 3 is 2.65 bits per heavy atom. The summed E-state index contributed by atoms with van der Waals surface area (Å²) in [5.41, 5.74) is 4.58. The molecule has 3 heterocycles. The number of likely N-dealkylation sites (tertiary alicyclic amines) is 1. The highest BCUT2D eigenvalue weighted by Crippen LogP contribution is 2.31. The molecule has 3 aromatic rings. The van der Waals surface area contributed by atoms with Crippen molar-refractivity contribution < 1.29 is 9.59 Å². The summed E-state index contributed by atoms with van der Waals surface area (Å²) in [6.07, 6.45) is 7.54. The van der Waals surface area contributed by atoms with E-state index in [1.807, 2.05) is 53.1 Å². The maximum Gasteiger partial charge on any atom is 0.256 e. The molecule has 0 bridgehead atoms. The Morgan fingerprint density at radius 1 is 1.03 bits per heavy atom. The quantitative estimate of drug-likeness (QED) is 0.589. The molecule has 0 aliphatic carbocycles. The van der Waals surface area contributed by atoms with Gasteiger partial charge in [0.15, 0.2) is 0 Å². The van der Waals surface area contributed by atoms with Gasteiger partial charge in [0.2, 0.25) is 5.91 Å². The van der Waals surface area contributed by atoms with Gasteiger partial charge in [-0.1, -0.05) is 29.8 Å². The fourth-order valence-electron chi connectivity index (χ4n) is 5.27. The van der Waals surface area contributed by atoms with Crippen molar-refractivity contribution in [2.24, 2.45) is 5.92 Å². The highest BCUT2D eigenvalue weighted by atomic mass is 16.2. The summed E-state index contributed by atoms with van der Waals surface area (Å²) in [4.78, 5) is 32.4. The third-order valence-electron chi connectivity index (χ3n) is 7.13. The molecule has 1 saturated heterocycles. The van der Waals surface area contributed by atoms with Gasteiger partial charge in [-0.2, -0.15) is 15.0 Å². The van der Waals surface area contributed by atoms with Crippen molar-refractivity contribution in [2.45, 2.75) is 52.0 Å². The van der Waals surface area contributed by atoms with Gasteiger partial charge in [0.1, 0.15) is 0 Å². The molecule has 2 aliphatic heterocycles. The molecule has 0 radical (unpaired) electrons. The maximum atomic E-state index is 13.7. The molecule has 0 saturated carbocycles. The second-order valence-corrected chi connectivity index (χ2v) is 9.57. The summed E-state index contributed by atoms with van der Waals surface area (Å²) >= 11 is 0. The van der Waals surface area contributed by atoms with Crippen LogP contribution >= 0.6 is 0 Å². The lowest BCUT2D eigenvalue weighted by Crippen LogP contribution is -2.47. The number of hydrogen-bond acceptors (Lipinski definition) is 4. The van der Waals surface area contributed by atoms with Crippen molar-refractivity contribution in [1.29, 1.82) is 0 Å². The predicted molar refractivity (Wildman–Crippen MR) is 131 cm³/mol. The van der Waals surface area contributed by atoms with Crippen molar-refractivity contribution in [3.05, 3.63) is 71.5 Å². The van der Waals surface area contributed by atoms with Gasteiger partial charge in [-0.15, -0.1) is 0 Å². The van der Waals surface area contributed by atoms with Crippen molar-refractivity contribution in [3.8, 4) is 5.69 Å². The molecule has 2 aliphatic rings. The summed E-state index contributed by atoms with van der Waals surface area (Å²) < 4.78 is 0. The van der Waals surface area contributed by atoms with E-state index in [9.17, 15) is 9.59 Å². The Kier molecular flexibility index (Phi) is 6.18. The van der Waals surface area contributed by atoms with Crippen LogP contribution < -0.4 is 4.90 Å². The number of para-hydroxylation sites is 1. The number of hydrogen-bond donors (Lipinski definition) is 0. The largest absolute Gasteiger partial charge is 0.336 e. The highest BCUT2D eigenvalue weighted by molar-refractivity contribution is 5.98. The molecule has 2 atom stereocenters. The zero-order valence-corrected chi connectivity index (χ0v) is 19.9. The number of carbonyl (C=O) groups excluding carboxylic acids is 2. The van der Waals surface area contributed by atoms with Gasteiger partial charge < -0.3 is 9.80 Å². The number of amides is 2. The van der Waals surface area contributed by atoms with E-state index in [-0.39, 0.29) is 23.8 Å². The molecule has 2 amide bonds. The average molecular weight is 458 g/mol. The Balaban J connectivity index is 1.34.